The van der Waals surface area contributed by atoms with Crippen molar-refractivity contribution in [1.82, 2.24) is 9.97 Å². The number of hydrogen-bond acceptors (Lipinski definition) is 6. The maximum Gasteiger partial charge on any atom is 0.184 e. The molecule has 0 aliphatic carbocycles. The van der Waals surface area contributed by atoms with Gasteiger partial charge in [-0.3, -0.25) is 4.98 Å². The van der Waals surface area contributed by atoms with Crippen molar-refractivity contribution in [3.05, 3.63) is 66.5 Å². The van der Waals surface area contributed by atoms with Crippen LogP contribution in [0.25, 0.3) is 21.3 Å². The molecule has 4 aromatic rings. The lowest BCUT2D eigenvalue weighted by molar-refractivity contribution is 0.169. The van der Waals surface area contributed by atoms with Crippen LogP contribution in [0.1, 0.15) is 18.5 Å². The van der Waals surface area contributed by atoms with Crippen molar-refractivity contribution < 1.29 is 9.47 Å². The Bertz CT molecular complexity index is 1130. The van der Waals surface area contributed by atoms with Gasteiger partial charge >= 0.3 is 0 Å². The maximum atomic E-state index is 5.85. The molecule has 2 aromatic carbocycles. The van der Waals surface area contributed by atoms with Crippen molar-refractivity contribution in [2.24, 2.45) is 0 Å². The van der Waals surface area contributed by atoms with Crippen molar-refractivity contribution in [2.75, 3.05) is 18.5 Å². The molecule has 0 radical (unpaired) electrons. The van der Waals surface area contributed by atoms with Gasteiger partial charge < -0.3 is 14.8 Å². The summed E-state index contributed by atoms with van der Waals surface area (Å²) in [5.41, 5.74) is 4.39. The van der Waals surface area contributed by atoms with Crippen LogP contribution in [0.5, 0.6) is 11.5 Å². The summed E-state index contributed by atoms with van der Waals surface area (Å²) in [5.74, 6) is 1.64. The molecule has 1 N–H and O–H groups in total. The van der Waals surface area contributed by atoms with E-state index in [1.54, 1.807) is 11.3 Å². The highest BCUT2D eigenvalue weighted by Gasteiger charge is 2.20. The van der Waals surface area contributed by atoms with E-state index in [1.807, 2.05) is 36.7 Å². The number of thiazole rings is 1. The van der Waals surface area contributed by atoms with Gasteiger partial charge in [0.15, 0.2) is 16.6 Å². The molecule has 1 aliphatic heterocycles. The molecule has 2 aromatic heterocycles. The fourth-order valence-electron chi connectivity index (χ4n) is 3.41. The molecule has 0 saturated carbocycles. The number of anilines is 1. The average molecular weight is 389 g/mol. The maximum absolute atomic E-state index is 5.85. The lowest BCUT2D eigenvalue weighted by atomic mass is 10.1. The quantitative estimate of drug-likeness (QED) is 0.513. The van der Waals surface area contributed by atoms with Crippen LogP contribution in [0.3, 0.4) is 0 Å². The van der Waals surface area contributed by atoms with E-state index in [4.69, 9.17) is 14.5 Å². The molecule has 28 heavy (non-hydrogen) atoms. The Labute approximate surface area is 167 Å². The summed E-state index contributed by atoms with van der Waals surface area (Å²) in [4.78, 5) is 8.84. The minimum atomic E-state index is 0.0527. The topological polar surface area (TPSA) is 56.3 Å². The third-order valence-electron chi connectivity index (χ3n) is 4.81. The van der Waals surface area contributed by atoms with Gasteiger partial charge in [-0.15, -0.1) is 0 Å². The molecule has 140 valence electrons. The van der Waals surface area contributed by atoms with Crippen LogP contribution in [0.4, 0.5) is 5.13 Å². The fourth-order valence-corrected chi connectivity index (χ4v) is 4.40. The number of hydrogen-bond donors (Lipinski definition) is 1. The van der Waals surface area contributed by atoms with Crippen molar-refractivity contribution >= 4 is 26.7 Å². The van der Waals surface area contributed by atoms with E-state index in [1.165, 1.54) is 5.56 Å². The molecule has 6 heteroatoms. The molecule has 5 nitrogen and oxygen atoms in total. The SMILES string of the molecule is CC(Nc1nc2ccc(-c3ccncc3)cc2s1)c1cccc2c1OCCO2. The van der Waals surface area contributed by atoms with E-state index < -0.39 is 0 Å². The average Bonchev–Trinajstić information content (AvgIpc) is 3.15. The summed E-state index contributed by atoms with van der Waals surface area (Å²) < 4.78 is 12.7. The minimum absolute atomic E-state index is 0.0527. The third-order valence-corrected chi connectivity index (χ3v) is 5.75. The summed E-state index contributed by atoms with van der Waals surface area (Å²) in [6, 6.07) is 16.5. The van der Waals surface area contributed by atoms with E-state index in [0.29, 0.717) is 13.2 Å². The van der Waals surface area contributed by atoms with Crippen LogP contribution >= 0.6 is 11.3 Å². The van der Waals surface area contributed by atoms with Gasteiger partial charge in [-0.05, 0) is 48.4 Å². The first kappa shape index (κ1) is 17.0. The van der Waals surface area contributed by atoms with Gasteiger partial charge in [-0.2, -0.15) is 0 Å². The van der Waals surface area contributed by atoms with E-state index in [0.717, 1.165) is 38.0 Å². The normalized spacial score (nSPS) is 14.0. The minimum Gasteiger partial charge on any atom is -0.486 e. The Morgan fingerprint density at radius 3 is 2.75 bits per heavy atom. The van der Waals surface area contributed by atoms with Crippen molar-refractivity contribution in [3.63, 3.8) is 0 Å². The van der Waals surface area contributed by atoms with Crippen LogP contribution in [0.15, 0.2) is 60.9 Å². The van der Waals surface area contributed by atoms with Gasteiger partial charge in [0.05, 0.1) is 16.3 Å². The molecular formula is C22H19N3O2S. The molecule has 0 spiro atoms. The van der Waals surface area contributed by atoms with E-state index in [9.17, 15) is 0 Å². The Morgan fingerprint density at radius 1 is 1.00 bits per heavy atom. The van der Waals surface area contributed by atoms with Crippen LogP contribution < -0.4 is 14.8 Å². The first-order valence-corrected chi connectivity index (χ1v) is 10.1. The number of ether oxygens (including phenoxy) is 2. The second-order valence-corrected chi connectivity index (χ2v) is 7.71. The van der Waals surface area contributed by atoms with E-state index in [-0.39, 0.29) is 6.04 Å². The molecule has 0 fully saturated rings. The lowest BCUT2D eigenvalue weighted by Gasteiger charge is -2.23. The molecule has 3 heterocycles. The van der Waals surface area contributed by atoms with Crippen LogP contribution in [-0.4, -0.2) is 23.2 Å². The standard InChI is InChI=1S/C22H19N3O2S/c1-14(17-3-2-4-19-21(17)27-12-11-26-19)24-22-25-18-6-5-16(13-20(18)28-22)15-7-9-23-10-8-15/h2-10,13-14H,11-12H2,1H3,(H,24,25). The van der Waals surface area contributed by atoms with Crippen LogP contribution in [-0.2, 0) is 0 Å². The molecule has 0 saturated heterocycles. The highest BCUT2D eigenvalue weighted by atomic mass is 32.1. The highest BCUT2D eigenvalue weighted by molar-refractivity contribution is 7.22. The summed E-state index contributed by atoms with van der Waals surface area (Å²) in [7, 11) is 0. The molecule has 1 aliphatic rings. The van der Waals surface area contributed by atoms with Crippen molar-refractivity contribution in [2.45, 2.75) is 13.0 Å². The van der Waals surface area contributed by atoms with Gasteiger partial charge in [0.25, 0.3) is 0 Å². The summed E-state index contributed by atoms with van der Waals surface area (Å²) in [5, 5.41) is 4.41. The van der Waals surface area contributed by atoms with Crippen LogP contribution in [0, 0.1) is 0 Å². The van der Waals surface area contributed by atoms with Gasteiger partial charge in [-0.1, -0.05) is 29.5 Å². The number of benzene rings is 2. The predicted octanol–water partition coefficient (Wildman–Crippen LogP) is 5.30. The molecule has 0 bridgehead atoms. The zero-order chi connectivity index (χ0) is 18.9. The number of pyridine rings is 1. The second kappa shape index (κ2) is 7.13. The van der Waals surface area contributed by atoms with Gasteiger partial charge in [-0.25, -0.2) is 4.98 Å². The Kier molecular flexibility index (Phi) is 4.33. The number of rotatable bonds is 4. The van der Waals surface area contributed by atoms with Gasteiger partial charge in [0.2, 0.25) is 0 Å². The largest absolute Gasteiger partial charge is 0.486 e. The fraction of sp³-hybridized carbons (Fsp3) is 0.182. The molecular weight excluding hydrogens is 370 g/mol. The number of para-hydroxylation sites is 1. The van der Waals surface area contributed by atoms with E-state index >= 15 is 0 Å². The zero-order valence-corrected chi connectivity index (χ0v) is 16.2. The summed E-state index contributed by atoms with van der Waals surface area (Å²) in [6.07, 6.45) is 3.63. The predicted molar refractivity (Wildman–Crippen MR) is 112 cm³/mol. The molecule has 0 amide bonds. The molecule has 5 rings (SSSR count). The zero-order valence-electron chi connectivity index (χ0n) is 15.4. The Morgan fingerprint density at radius 2 is 1.86 bits per heavy atom. The Hall–Kier alpha value is -3.12. The monoisotopic (exact) mass is 389 g/mol. The van der Waals surface area contributed by atoms with Crippen LogP contribution in [0.2, 0.25) is 0 Å². The van der Waals surface area contributed by atoms with E-state index in [2.05, 4.69) is 41.5 Å². The second-order valence-electron chi connectivity index (χ2n) is 6.67. The molecule has 1 atom stereocenters. The first-order chi connectivity index (χ1) is 13.8. The van der Waals surface area contributed by atoms with Gasteiger partial charge in [0.1, 0.15) is 13.2 Å². The van der Waals surface area contributed by atoms with Gasteiger partial charge in [0, 0.05) is 18.0 Å². The summed E-state index contributed by atoms with van der Waals surface area (Å²) in [6.45, 7) is 3.29. The smallest absolute Gasteiger partial charge is 0.184 e. The van der Waals surface area contributed by atoms with Crippen molar-refractivity contribution in [1.29, 1.82) is 0 Å². The highest BCUT2D eigenvalue weighted by Crippen LogP contribution is 2.39. The number of nitrogens with zero attached hydrogens (tertiary/aromatic N) is 2. The lowest BCUT2D eigenvalue weighted by Crippen LogP contribution is -2.18. The summed E-state index contributed by atoms with van der Waals surface area (Å²) >= 11 is 1.66. The number of aromatic nitrogens is 2. The Balaban J connectivity index is 1.43. The van der Waals surface area contributed by atoms with Crippen molar-refractivity contribution in [3.8, 4) is 22.6 Å². The first-order valence-electron chi connectivity index (χ1n) is 9.24. The molecule has 1 unspecified atom stereocenters. The number of fused-ring (bicyclic) bond motifs is 2. The number of nitrogens with one attached hydrogen (secondary N) is 1. The third kappa shape index (κ3) is 3.16.